The van der Waals surface area contributed by atoms with Gasteiger partial charge in [-0.2, -0.15) is 0 Å². The molecule has 0 spiro atoms. The first kappa shape index (κ1) is 11.0. The van der Waals surface area contributed by atoms with Crippen LogP contribution in [0.1, 0.15) is 25.3 Å². The molecule has 16 heavy (non-hydrogen) atoms. The molecule has 1 unspecified atom stereocenters. The summed E-state index contributed by atoms with van der Waals surface area (Å²) in [6.45, 7) is 3.23. The maximum Gasteiger partial charge on any atom is 0.316 e. The van der Waals surface area contributed by atoms with Crippen LogP contribution >= 0.6 is 0 Å². The van der Waals surface area contributed by atoms with Crippen molar-refractivity contribution in [1.29, 1.82) is 0 Å². The Morgan fingerprint density at radius 2 is 2.38 bits per heavy atom. The van der Waals surface area contributed by atoms with Gasteiger partial charge in [0.25, 0.3) is 0 Å². The fourth-order valence-corrected chi connectivity index (χ4v) is 2.22. The molecule has 2 rings (SSSR count). The summed E-state index contributed by atoms with van der Waals surface area (Å²) in [5.74, 6) is 0. The van der Waals surface area contributed by atoms with Crippen LogP contribution in [0.2, 0.25) is 0 Å². The molecule has 1 heterocycles. The van der Waals surface area contributed by atoms with Crippen LogP contribution in [-0.2, 0) is 5.54 Å². The van der Waals surface area contributed by atoms with Crippen molar-refractivity contribution >= 4 is 11.7 Å². The number of nitrogens with two attached hydrogens (primary N) is 1. The van der Waals surface area contributed by atoms with Crippen molar-refractivity contribution < 1.29 is 4.79 Å². The van der Waals surface area contributed by atoms with Gasteiger partial charge in [-0.05, 0) is 44.0 Å². The van der Waals surface area contributed by atoms with E-state index in [1.165, 1.54) is 12.0 Å². The zero-order valence-corrected chi connectivity index (χ0v) is 9.42. The van der Waals surface area contributed by atoms with Gasteiger partial charge in [-0.25, -0.2) is 4.79 Å². The smallest absolute Gasteiger partial charge is 0.316 e. The van der Waals surface area contributed by atoms with Crippen LogP contribution in [0.3, 0.4) is 0 Å². The standard InChI is InChI=1S/C12H17N3O/c1-12(6-3-7-14-12)9-4-2-5-10(8-9)15-11(13)16/h2,4-5,8,14H,3,6-7H2,1H3,(H3,13,15,16). The van der Waals surface area contributed by atoms with E-state index >= 15 is 0 Å². The summed E-state index contributed by atoms with van der Waals surface area (Å²) >= 11 is 0. The average Bonchev–Trinajstić information content (AvgIpc) is 2.66. The number of primary amides is 1. The molecule has 0 bridgehead atoms. The Kier molecular flexibility index (Phi) is 2.83. The predicted molar refractivity (Wildman–Crippen MR) is 64.2 cm³/mol. The minimum atomic E-state index is -0.526. The molecular weight excluding hydrogens is 202 g/mol. The lowest BCUT2D eigenvalue weighted by atomic mass is 9.90. The Morgan fingerprint density at radius 1 is 1.56 bits per heavy atom. The summed E-state index contributed by atoms with van der Waals surface area (Å²) in [5.41, 5.74) is 7.06. The first-order valence-corrected chi connectivity index (χ1v) is 5.52. The maximum atomic E-state index is 10.8. The second-order valence-electron chi connectivity index (χ2n) is 4.43. The summed E-state index contributed by atoms with van der Waals surface area (Å²) in [7, 11) is 0. The zero-order valence-electron chi connectivity index (χ0n) is 9.42. The zero-order chi connectivity index (χ0) is 11.6. The lowest BCUT2D eigenvalue weighted by Crippen LogP contribution is -2.33. The Balaban J connectivity index is 2.24. The third-order valence-electron chi connectivity index (χ3n) is 3.14. The lowest BCUT2D eigenvalue weighted by Gasteiger charge is -2.25. The van der Waals surface area contributed by atoms with E-state index in [1.54, 1.807) is 0 Å². The summed E-state index contributed by atoms with van der Waals surface area (Å²) < 4.78 is 0. The van der Waals surface area contributed by atoms with Gasteiger partial charge < -0.3 is 16.4 Å². The maximum absolute atomic E-state index is 10.8. The number of carbonyl (C=O) groups excluding carboxylic acids is 1. The first-order valence-electron chi connectivity index (χ1n) is 5.52. The molecular formula is C12H17N3O. The molecule has 1 aromatic rings. The molecule has 1 aromatic carbocycles. The topological polar surface area (TPSA) is 67.1 Å². The van der Waals surface area contributed by atoms with Crippen molar-refractivity contribution in [3.8, 4) is 0 Å². The molecule has 1 fully saturated rings. The van der Waals surface area contributed by atoms with Crippen LogP contribution in [0.25, 0.3) is 0 Å². The Morgan fingerprint density at radius 3 is 3.00 bits per heavy atom. The number of nitrogens with one attached hydrogen (secondary N) is 2. The molecule has 4 N–H and O–H groups in total. The summed E-state index contributed by atoms with van der Waals surface area (Å²) in [4.78, 5) is 10.8. The van der Waals surface area contributed by atoms with Gasteiger partial charge in [0.15, 0.2) is 0 Å². The van der Waals surface area contributed by atoms with E-state index in [0.717, 1.165) is 18.7 Å². The van der Waals surface area contributed by atoms with Crippen molar-refractivity contribution in [1.82, 2.24) is 5.32 Å². The number of carbonyl (C=O) groups is 1. The molecule has 86 valence electrons. The highest BCUT2D eigenvalue weighted by atomic mass is 16.2. The van der Waals surface area contributed by atoms with Crippen LogP contribution < -0.4 is 16.4 Å². The highest BCUT2D eigenvalue weighted by Crippen LogP contribution is 2.31. The molecule has 0 radical (unpaired) electrons. The number of amides is 2. The second-order valence-corrected chi connectivity index (χ2v) is 4.43. The summed E-state index contributed by atoms with van der Waals surface area (Å²) in [6, 6.07) is 7.30. The van der Waals surface area contributed by atoms with Gasteiger partial charge in [-0.3, -0.25) is 0 Å². The Hall–Kier alpha value is -1.55. The van der Waals surface area contributed by atoms with E-state index < -0.39 is 6.03 Å². The van der Waals surface area contributed by atoms with Crippen LogP contribution in [0.5, 0.6) is 0 Å². The minimum Gasteiger partial charge on any atom is -0.351 e. The van der Waals surface area contributed by atoms with Gasteiger partial charge in [-0.15, -0.1) is 0 Å². The summed E-state index contributed by atoms with van der Waals surface area (Å²) in [6.07, 6.45) is 2.30. The highest BCUT2D eigenvalue weighted by molar-refractivity contribution is 5.87. The van der Waals surface area contributed by atoms with Gasteiger partial charge >= 0.3 is 6.03 Å². The largest absolute Gasteiger partial charge is 0.351 e. The van der Waals surface area contributed by atoms with Crippen LogP contribution in [0.4, 0.5) is 10.5 Å². The van der Waals surface area contributed by atoms with E-state index in [0.29, 0.717) is 0 Å². The molecule has 4 heteroatoms. The monoisotopic (exact) mass is 219 g/mol. The quantitative estimate of drug-likeness (QED) is 0.709. The van der Waals surface area contributed by atoms with E-state index in [9.17, 15) is 4.79 Å². The molecule has 1 aliphatic heterocycles. The van der Waals surface area contributed by atoms with E-state index in [2.05, 4.69) is 23.6 Å². The third kappa shape index (κ3) is 2.17. The number of anilines is 1. The van der Waals surface area contributed by atoms with Crippen molar-refractivity contribution in [3.05, 3.63) is 29.8 Å². The van der Waals surface area contributed by atoms with Gasteiger partial charge in [0.2, 0.25) is 0 Å². The highest BCUT2D eigenvalue weighted by Gasteiger charge is 2.29. The minimum absolute atomic E-state index is 0.0232. The predicted octanol–water partition coefficient (Wildman–Crippen LogP) is 1.78. The van der Waals surface area contributed by atoms with Crippen molar-refractivity contribution in [2.24, 2.45) is 5.73 Å². The number of urea groups is 1. The summed E-state index contributed by atoms with van der Waals surface area (Å²) in [5, 5.41) is 6.08. The van der Waals surface area contributed by atoms with E-state index in [1.807, 2.05) is 18.2 Å². The van der Waals surface area contributed by atoms with Crippen LogP contribution in [-0.4, -0.2) is 12.6 Å². The van der Waals surface area contributed by atoms with Crippen LogP contribution in [0, 0.1) is 0 Å². The van der Waals surface area contributed by atoms with Crippen molar-refractivity contribution in [3.63, 3.8) is 0 Å². The fraction of sp³-hybridized carbons (Fsp3) is 0.417. The molecule has 0 aromatic heterocycles. The molecule has 1 saturated heterocycles. The number of hydrogen-bond donors (Lipinski definition) is 3. The second kappa shape index (κ2) is 4.14. The average molecular weight is 219 g/mol. The molecule has 4 nitrogen and oxygen atoms in total. The lowest BCUT2D eigenvalue weighted by molar-refractivity contribution is 0.259. The van der Waals surface area contributed by atoms with E-state index in [4.69, 9.17) is 5.73 Å². The third-order valence-corrected chi connectivity index (χ3v) is 3.14. The molecule has 1 atom stereocenters. The Labute approximate surface area is 95.2 Å². The van der Waals surface area contributed by atoms with E-state index in [-0.39, 0.29) is 5.54 Å². The molecule has 0 saturated carbocycles. The normalized spacial score (nSPS) is 24.3. The van der Waals surface area contributed by atoms with Crippen molar-refractivity contribution in [2.45, 2.75) is 25.3 Å². The number of rotatable bonds is 2. The number of benzene rings is 1. The molecule has 1 aliphatic rings. The fourth-order valence-electron chi connectivity index (χ4n) is 2.22. The van der Waals surface area contributed by atoms with Crippen LogP contribution in [0.15, 0.2) is 24.3 Å². The molecule has 0 aliphatic carbocycles. The van der Waals surface area contributed by atoms with Gasteiger partial charge in [-0.1, -0.05) is 12.1 Å². The van der Waals surface area contributed by atoms with Crippen molar-refractivity contribution in [2.75, 3.05) is 11.9 Å². The van der Waals surface area contributed by atoms with Gasteiger partial charge in [0.1, 0.15) is 0 Å². The first-order chi connectivity index (χ1) is 7.60. The van der Waals surface area contributed by atoms with Gasteiger partial charge in [0.05, 0.1) is 0 Å². The molecule has 2 amide bonds. The number of hydrogen-bond acceptors (Lipinski definition) is 2. The van der Waals surface area contributed by atoms with Gasteiger partial charge in [0, 0.05) is 11.2 Å². The SMILES string of the molecule is CC1(c2cccc(NC(N)=O)c2)CCCN1. The Bertz CT molecular complexity index is 397.